The lowest BCUT2D eigenvalue weighted by Gasteiger charge is -1.99. The van der Waals surface area contributed by atoms with Crippen molar-refractivity contribution in [3.05, 3.63) is 38.8 Å². The molecule has 0 fully saturated rings. The van der Waals surface area contributed by atoms with Gasteiger partial charge in [-0.15, -0.1) is 11.3 Å². The quantitative estimate of drug-likeness (QED) is 0.919. The lowest BCUT2D eigenvalue weighted by atomic mass is 10.2. The molecule has 1 aromatic carbocycles. The van der Waals surface area contributed by atoms with E-state index in [-0.39, 0.29) is 0 Å². The summed E-state index contributed by atoms with van der Waals surface area (Å²) in [6.45, 7) is 0.473. The molecule has 2 rings (SSSR count). The second-order valence-electron chi connectivity index (χ2n) is 2.98. The third kappa shape index (κ3) is 2.39. The van der Waals surface area contributed by atoms with Crippen molar-refractivity contribution < 1.29 is 0 Å². The monoisotopic (exact) mass is 302 g/mol. The highest BCUT2D eigenvalue weighted by molar-refractivity contribution is 9.10. The summed E-state index contributed by atoms with van der Waals surface area (Å²) in [4.78, 5) is 4.39. The Morgan fingerprint density at radius 3 is 2.87 bits per heavy atom. The molecule has 0 aliphatic rings. The van der Waals surface area contributed by atoms with Crippen LogP contribution in [0, 0.1) is 0 Å². The van der Waals surface area contributed by atoms with E-state index >= 15 is 0 Å². The molecule has 0 aliphatic carbocycles. The van der Waals surface area contributed by atoms with E-state index in [0.717, 1.165) is 20.7 Å². The Kier molecular flexibility index (Phi) is 3.41. The fourth-order valence-corrected chi connectivity index (χ4v) is 2.42. The molecule has 0 unspecified atom stereocenters. The average molecular weight is 304 g/mol. The number of hydrogen-bond acceptors (Lipinski definition) is 3. The minimum Gasteiger partial charge on any atom is -0.325 e. The number of hydrogen-bond donors (Lipinski definition) is 1. The Morgan fingerprint density at radius 1 is 1.47 bits per heavy atom. The first-order valence-electron chi connectivity index (χ1n) is 4.30. The number of benzene rings is 1. The van der Waals surface area contributed by atoms with Crippen LogP contribution in [0.4, 0.5) is 0 Å². The second-order valence-corrected chi connectivity index (χ2v) is 5.10. The molecule has 0 bridgehead atoms. The maximum atomic E-state index is 6.01. The van der Waals surface area contributed by atoms with Crippen molar-refractivity contribution in [2.75, 3.05) is 0 Å². The number of rotatable bonds is 2. The van der Waals surface area contributed by atoms with Crippen LogP contribution in [0.25, 0.3) is 10.6 Å². The molecule has 1 aromatic heterocycles. The van der Waals surface area contributed by atoms with Crippen LogP contribution in [0.2, 0.25) is 5.02 Å². The van der Waals surface area contributed by atoms with Crippen LogP contribution in [-0.2, 0) is 6.54 Å². The van der Waals surface area contributed by atoms with E-state index in [4.69, 9.17) is 17.3 Å². The largest absolute Gasteiger partial charge is 0.325 e. The third-order valence-corrected chi connectivity index (χ3v) is 4.10. The van der Waals surface area contributed by atoms with E-state index < -0.39 is 0 Å². The van der Waals surface area contributed by atoms with Gasteiger partial charge < -0.3 is 5.73 Å². The van der Waals surface area contributed by atoms with Crippen LogP contribution in [-0.4, -0.2) is 4.98 Å². The molecule has 1 heterocycles. The van der Waals surface area contributed by atoms with Crippen molar-refractivity contribution >= 4 is 38.9 Å². The van der Waals surface area contributed by atoms with Crippen molar-refractivity contribution in [3.63, 3.8) is 0 Å². The van der Waals surface area contributed by atoms with Crippen LogP contribution in [0.5, 0.6) is 0 Å². The maximum absolute atomic E-state index is 6.01. The van der Waals surface area contributed by atoms with Crippen molar-refractivity contribution in [1.29, 1.82) is 0 Å². The fourth-order valence-electron chi connectivity index (χ4n) is 1.16. The standard InChI is InChI=1S/C10H8BrClN2S/c11-8-2-1-6(3-9(8)12)10-14-7(4-13)5-15-10/h1-3,5H,4,13H2. The summed E-state index contributed by atoms with van der Waals surface area (Å²) < 4.78 is 0.892. The Bertz CT molecular complexity index is 484. The van der Waals surface area contributed by atoms with Crippen LogP contribution < -0.4 is 5.73 Å². The molecule has 2 N–H and O–H groups in total. The molecule has 0 saturated carbocycles. The molecule has 2 aromatic rings. The minimum absolute atomic E-state index is 0.473. The summed E-state index contributed by atoms with van der Waals surface area (Å²) in [5.74, 6) is 0. The first kappa shape index (κ1) is 11.1. The predicted octanol–water partition coefficient (Wildman–Crippen LogP) is 3.68. The van der Waals surface area contributed by atoms with Crippen molar-refractivity contribution in [3.8, 4) is 10.6 Å². The number of thiazole rings is 1. The van der Waals surface area contributed by atoms with Gasteiger partial charge in [0.2, 0.25) is 0 Å². The lowest BCUT2D eigenvalue weighted by Crippen LogP contribution is -1.95. The van der Waals surface area contributed by atoms with Crippen LogP contribution >= 0.6 is 38.9 Å². The van der Waals surface area contributed by atoms with Crippen molar-refractivity contribution in [1.82, 2.24) is 4.98 Å². The molecule has 0 saturated heterocycles. The average Bonchev–Trinajstić information content (AvgIpc) is 2.70. The van der Waals surface area contributed by atoms with Gasteiger partial charge in [0.15, 0.2) is 0 Å². The van der Waals surface area contributed by atoms with Gasteiger partial charge in [-0.3, -0.25) is 0 Å². The summed E-state index contributed by atoms with van der Waals surface area (Å²) in [5, 5.41) is 3.60. The van der Waals surface area contributed by atoms with Gasteiger partial charge in [-0.25, -0.2) is 4.98 Å². The van der Waals surface area contributed by atoms with Gasteiger partial charge in [0.1, 0.15) is 5.01 Å². The number of nitrogens with zero attached hydrogens (tertiary/aromatic N) is 1. The van der Waals surface area contributed by atoms with E-state index in [1.54, 1.807) is 11.3 Å². The van der Waals surface area contributed by atoms with Crippen LogP contribution in [0.3, 0.4) is 0 Å². The summed E-state index contributed by atoms with van der Waals surface area (Å²) in [6.07, 6.45) is 0. The predicted molar refractivity (Wildman–Crippen MR) is 68.2 cm³/mol. The van der Waals surface area contributed by atoms with Crippen LogP contribution in [0.1, 0.15) is 5.69 Å². The van der Waals surface area contributed by atoms with Gasteiger partial charge in [-0.2, -0.15) is 0 Å². The van der Waals surface area contributed by atoms with Crippen molar-refractivity contribution in [2.24, 2.45) is 5.73 Å². The van der Waals surface area contributed by atoms with E-state index in [1.807, 2.05) is 23.6 Å². The van der Waals surface area contributed by atoms with Gasteiger partial charge in [0.05, 0.1) is 10.7 Å². The fraction of sp³-hybridized carbons (Fsp3) is 0.100. The van der Waals surface area contributed by atoms with Gasteiger partial charge in [-0.05, 0) is 28.1 Å². The number of nitrogens with two attached hydrogens (primary N) is 1. The Balaban J connectivity index is 2.40. The summed E-state index contributed by atoms with van der Waals surface area (Å²) in [5.41, 5.74) is 7.44. The minimum atomic E-state index is 0.473. The molecule has 0 spiro atoms. The van der Waals surface area contributed by atoms with Gasteiger partial charge in [-0.1, -0.05) is 17.7 Å². The first-order valence-corrected chi connectivity index (χ1v) is 6.35. The van der Waals surface area contributed by atoms with Gasteiger partial charge in [0.25, 0.3) is 0 Å². The zero-order valence-corrected chi connectivity index (χ0v) is 10.9. The lowest BCUT2D eigenvalue weighted by molar-refractivity contribution is 1.01. The highest BCUT2D eigenvalue weighted by Gasteiger charge is 2.05. The first-order chi connectivity index (χ1) is 7.20. The van der Waals surface area contributed by atoms with E-state index in [0.29, 0.717) is 11.6 Å². The molecule has 2 nitrogen and oxygen atoms in total. The van der Waals surface area contributed by atoms with E-state index in [9.17, 15) is 0 Å². The van der Waals surface area contributed by atoms with E-state index in [1.165, 1.54) is 0 Å². The molecular formula is C10H8BrClN2S. The van der Waals surface area contributed by atoms with E-state index in [2.05, 4.69) is 20.9 Å². The maximum Gasteiger partial charge on any atom is 0.123 e. The zero-order chi connectivity index (χ0) is 10.8. The molecule has 78 valence electrons. The topological polar surface area (TPSA) is 38.9 Å². The normalized spacial score (nSPS) is 10.6. The number of aromatic nitrogens is 1. The highest BCUT2D eigenvalue weighted by Crippen LogP contribution is 2.30. The molecule has 0 radical (unpaired) electrons. The Labute approximate surface area is 105 Å². The Hall–Kier alpha value is -0.420. The van der Waals surface area contributed by atoms with Crippen LogP contribution in [0.15, 0.2) is 28.1 Å². The van der Waals surface area contributed by atoms with Gasteiger partial charge >= 0.3 is 0 Å². The summed E-state index contributed by atoms with van der Waals surface area (Å²) >= 11 is 10.9. The van der Waals surface area contributed by atoms with Gasteiger partial charge in [0, 0.05) is 22.0 Å². The Morgan fingerprint density at radius 2 is 2.27 bits per heavy atom. The molecule has 15 heavy (non-hydrogen) atoms. The molecule has 0 aliphatic heterocycles. The summed E-state index contributed by atoms with van der Waals surface area (Å²) in [7, 11) is 0. The smallest absolute Gasteiger partial charge is 0.123 e. The van der Waals surface area contributed by atoms with Crippen molar-refractivity contribution in [2.45, 2.75) is 6.54 Å². The number of halogens is 2. The SMILES string of the molecule is NCc1csc(-c2ccc(Br)c(Cl)c2)n1. The molecular weight excluding hydrogens is 296 g/mol. The molecule has 5 heteroatoms. The molecule has 0 amide bonds. The summed E-state index contributed by atoms with van der Waals surface area (Å²) in [6, 6.07) is 5.79. The second kappa shape index (κ2) is 4.61. The third-order valence-electron chi connectivity index (χ3n) is 1.93. The highest BCUT2D eigenvalue weighted by atomic mass is 79.9. The zero-order valence-electron chi connectivity index (χ0n) is 7.71. The molecule has 0 atom stereocenters.